The summed E-state index contributed by atoms with van der Waals surface area (Å²) in [5.74, 6) is -0.295. The molecule has 0 saturated heterocycles. The van der Waals surface area contributed by atoms with E-state index < -0.39 is 11.6 Å². The van der Waals surface area contributed by atoms with Gasteiger partial charge in [-0.2, -0.15) is 0 Å². The van der Waals surface area contributed by atoms with Gasteiger partial charge in [-0.05, 0) is 25.1 Å². The monoisotopic (exact) mass is 381 g/mol. The smallest absolute Gasteiger partial charge is 0.172 e. The highest BCUT2D eigenvalue weighted by Crippen LogP contribution is 2.25. The Hall–Kier alpha value is -3.75. The number of rotatable bonds is 5. The molecule has 0 bridgehead atoms. The third-order valence-corrected chi connectivity index (χ3v) is 4.00. The van der Waals surface area contributed by atoms with E-state index in [0.717, 1.165) is 12.4 Å². The Labute approximate surface area is 157 Å². The van der Waals surface area contributed by atoms with E-state index in [-0.39, 0.29) is 23.5 Å². The largest absolute Gasteiger partial charge is 0.454 e. The number of carbonyl (C=O) groups is 1. The number of pyridine rings is 3. The summed E-state index contributed by atoms with van der Waals surface area (Å²) in [4.78, 5) is 20.5. The lowest BCUT2D eigenvalue weighted by Gasteiger charge is -2.09. The molecule has 0 N–H and O–H groups in total. The van der Waals surface area contributed by atoms with Crippen molar-refractivity contribution in [2.45, 2.75) is 13.3 Å². The molecule has 4 heterocycles. The zero-order chi connectivity index (χ0) is 19.7. The third-order valence-electron chi connectivity index (χ3n) is 4.00. The average molecular weight is 381 g/mol. The van der Waals surface area contributed by atoms with Crippen molar-refractivity contribution in [1.82, 2.24) is 24.6 Å². The molecule has 4 rings (SSSR count). The van der Waals surface area contributed by atoms with Crippen molar-refractivity contribution in [2.75, 3.05) is 0 Å². The minimum atomic E-state index is -0.544. The molecule has 7 nitrogen and oxygen atoms in total. The van der Waals surface area contributed by atoms with E-state index in [4.69, 9.17) is 4.74 Å². The normalized spacial score (nSPS) is 11.0. The average Bonchev–Trinajstić information content (AvgIpc) is 3.04. The lowest BCUT2D eigenvalue weighted by atomic mass is 10.1. The Balaban J connectivity index is 1.72. The first-order valence-electron chi connectivity index (χ1n) is 8.27. The Morgan fingerprint density at radius 1 is 1.07 bits per heavy atom. The Morgan fingerprint density at radius 2 is 1.93 bits per heavy atom. The molecule has 28 heavy (non-hydrogen) atoms. The summed E-state index contributed by atoms with van der Waals surface area (Å²) in [7, 11) is 0. The molecule has 9 heteroatoms. The van der Waals surface area contributed by atoms with Crippen molar-refractivity contribution in [2.24, 2.45) is 0 Å². The van der Waals surface area contributed by atoms with Crippen LogP contribution >= 0.6 is 0 Å². The van der Waals surface area contributed by atoms with E-state index in [0.29, 0.717) is 22.9 Å². The highest BCUT2D eigenvalue weighted by molar-refractivity contribution is 6.02. The van der Waals surface area contributed by atoms with Crippen molar-refractivity contribution in [1.29, 1.82) is 0 Å². The fourth-order valence-corrected chi connectivity index (χ4v) is 2.69. The van der Waals surface area contributed by atoms with Crippen LogP contribution in [0.3, 0.4) is 0 Å². The second-order valence-corrected chi connectivity index (χ2v) is 6.04. The van der Waals surface area contributed by atoms with Crippen molar-refractivity contribution >= 4 is 11.4 Å². The molecule has 4 aromatic heterocycles. The second-order valence-electron chi connectivity index (χ2n) is 6.04. The van der Waals surface area contributed by atoms with Crippen LogP contribution in [-0.2, 0) is 6.42 Å². The van der Waals surface area contributed by atoms with Gasteiger partial charge in [0.25, 0.3) is 0 Å². The van der Waals surface area contributed by atoms with Crippen LogP contribution in [0, 0.1) is 18.6 Å². The van der Waals surface area contributed by atoms with E-state index in [1.165, 1.54) is 30.5 Å². The molecule has 0 unspecified atom stereocenters. The summed E-state index contributed by atoms with van der Waals surface area (Å²) in [6, 6.07) is 5.36. The molecule has 0 aliphatic heterocycles. The van der Waals surface area contributed by atoms with Crippen LogP contribution in [0.25, 0.3) is 5.65 Å². The molecular formula is C19H13F2N5O2. The van der Waals surface area contributed by atoms with Gasteiger partial charge in [0.05, 0.1) is 36.8 Å². The van der Waals surface area contributed by atoms with Gasteiger partial charge >= 0.3 is 0 Å². The zero-order valence-corrected chi connectivity index (χ0v) is 14.6. The van der Waals surface area contributed by atoms with Crippen LogP contribution < -0.4 is 4.74 Å². The predicted octanol–water partition coefficient (Wildman–Crippen LogP) is 3.32. The van der Waals surface area contributed by atoms with Gasteiger partial charge in [-0.15, -0.1) is 10.2 Å². The molecule has 0 radical (unpaired) electrons. The van der Waals surface area contributed by atoms with E-state index in [2.05, 4.69) is 20.2 Å². The van der Waals surface area contributed by atoms with Crippen LogP contribution in [0.15, 0.2) is 49.1 Å². The lowest BCUT2D eigenvalue weighted by Crippen LogP contribution is -2.08. The van der Waals surface area contributed by atoms with Crippen LogP contribution in [0.2, 0.25) is 0 Å². The Morgan fingerprint density at radius 3 is 2.68 bits per heavy atom. The molecule has 0 atom stereocenters. The minimum Gasteiger partial charge on any atom is -0.454 e. The molecule has 4 aromatic rings. The van der Waals surface area contributed by atoms with Gasteiger partial charge in [-0.1, -0.05) is 0 Å². The highest BCUT2D eigenvalue weighted by Gasteiger charge is 2.18. The van der Waals surface area contributed by atoms with E-state index in [1.54, 1.807) is 17.5 Å². The molecular weight excluding hydrogens is 368 g/mol. The Bertz CT molecular complexity index is 1170. The number of nitrogens with zero attached hydrogens (tertiary/aromatic N) is 5. The minimum absolute atomic E-state index is 0.0488. The Kier molecular flexibility index (Phi) is 4.48. The van der Waals surface area contributed by atoms with Gasteiger partial charge in [0.2, 0.25) is 0 Å². The summed E-state index contributed by atoms with van der Waals surface area (Å²) in [6.07, 6.45) is 5.02. The van der Waals surface area contributed by atoms with Gasteiger partial charge in [-0.3, -0.25) is 19.2 Å². The number of hydrogen-bond donors (Lipinski definition) is 0. The number of fused-ring (bicyclic) bond motifs is 1. The fraction of sp³-hybridized carbons (Fsp3) is 0.105. The molecule has 0 amide bonds. The number of carbonyl (C=O) groups excluding carboxylic acids is 1. The molecule has 140 valence electrons. The number of halogens is 2. The quantitative estimate of drug-likeness (QED) is 0.493. The number of aryl methyl sites for hydroxylation is 1. The summed E-state index contributed by atoms with van der Waals surface area (Å²) < 4.78 is 33.6. The maximum absolute atomic E-state index is 13.4. The summed E-state index contributed by atoms with van der Waals surface area (Å²) in [6.45, 7) is 1.73. The summed E-state index contributed by atoms with van der Waals surface area (Å²) in [5.41, 5.74) is 1.03. The summed E-state index contributed by atoms with van der Waals surface area (Å²) >= 11 is 0. The third kappa shape index (κ3) is 3.54. The molecule has 0 saturated carbocycles. The standard InChI is InChI=1S/C19H13F2N5O2/c1-11-24-25-19-17(18(27)5-14-3-2-12(20)8-23-14)6-16(10-26(11)19)28-15-4-13(21)7-22-9-15/h2-4,6-10H,5H2,1H3. The van der Waals surface area contributed by atoms with Crippen LogP contribution in [0.1, 0.15) is 21.9 Å². The van der Waals surface area contributed by atoms with E-state index in [9.17, 15) is 13.6 Å². The first kappa shape index (κ1) is 17.7. The first-order valence-corrected chi connectivity index (χ1v) is 8.27. The van der Waals surface area contributed by atoms with Gasteiger partial charge in [-0.25, -0.2) is 8.78 Å². The topological polar surface area (TPSA) is 82.3 Å². The van der Waals surface area contributed by atoms with E-state index >= 15 is 0 Å². The first-order chi connectivity index (χ1) is 13.5. The van der Waals surface area contributed by atoms with Crippen molar-refractivity contribution < 1.29 is 18.3 Å². The van der Waals surface area contributed by atoms with Crippen LogP contribution in [0.5, 0.6) is 11.5 Å². The highest BCUT2D eigenvalue weighted by atomic mass is 19.1. The number of Topliss-reactive ketones (excluding diaryl/α,β-unsaturated/α-hetero) is 1. The fourth-order valence-electron chi connectivity index (χ4n) is 2.69. The number of ether oxygens (including phenoxy) is 1. The van der Waals surface area contributed by atoms with Crippen LogP contribution in [0.4, 0.5) is 8.78 Å². The number of aromatic nitrogens is 5. The van der Waals surface area contributed by atoms with Gasteiger partial charge in [0.1, 0.15) is 29.0 Å². The van der Waals surface area contributed by atoms with Crippen molar-refractivity contribution in [3.05, 3.63) is 77.8 Å². The van der Waals surface area contributed by atoms with Gasteiger partial charge < -0.3 is 4.74 Å². The van der Waals surface area contributed by atoms with Crippen molar-refractivity contribution in [3.63, 3.8) is 0 Å². The SMILES string of the molecule is Cc1nnc2c(C(=O)Cc3ccc(F)cn3)cc(Oc3cncc(F)c3)cn12. The van der Waals surface area contributed by atoms with Gasteiger partial charge in [0.15, 0.2) is 11.4 Å². The van der Waals surface area contributed by atoms with Gasteiger partial charge in [0, 0.05) is 11.8 Å². The number of ketones is 1. The predicted molar refractivity (Wildman–Crippen MR) is 94.2 cm³/mol. The molecule has 0 aliphatic carbocycles. The molecule has 0 spiro atoms. The number of hydrogen-bond acceptors (Lipinski definition) is 6. The maximum atomic E-state index is 13.4. The molecule has 0 aromatic carbocycles. The maximum Gasteiger partial charge on any atom is 0.172 e. The lowest BCUT2D eigenvalue weighted by molar-refractivity contribution is 0.0992. The van der Waals surface area contributed by atoms with Crippen molar-refractivity contribution in [3.8, 4) is 11.5 Å². The second kappa shape index (κ2) is 7.10. The van der Waals surface area contributed by atoms with E-state index in [1.807, 2.05) is 0 Å². The zero-order valence-electron chi connectivity index (χ0n) is 14.6. The molecule has 0 fully saturated rings. The molecule has 0 aliphatic rings. The summed E-state index contributed by atoms with van der Waals surface area (Å²) in [5, 5.41) is 8.03. The van der Waals surface area contributed by atoms with Crippen LogP contribution in [-0.4, -0.2) is 30.3 Å².